The minimum Gasteiger partial charge on any atom is -0.343 e. The van der Waals surface area contributed by atoms with E-state index in [0.717, 1.165) is 31.4 Å². The molecular weight excluding hydrogens is 292 g/mol. The first-order chi connectivity index (χ1) is 11.7. The third kappa shape index (κ3) is 2.86. The third-order valence-corrected chi connectivity index (χ3v) is 5.20. The Balaban J connectivity index is 2.13. The normalized spacial score (nSPS) is 11.5. The SMILES string of the molecule is CCc1cccc(CC)c1-c1cc2ccn(C(CC)CC)c2cn1. The average Bonchev–Trinajstić information content (AvgIpc) is 3.05. The fourth-order valence-electron chi connectivity index (χ4n) is 3.76. The summed E-state index contributed by atoms with van der Waals surface area (Å²) in [6.07, 6.45) is 8.67. The van der Waals surface area contributed by atoms with Crippen LogP contribution in [0.3, 0.4) is 0 Å². The summed E-state index contributed by atoms with van der Waals surface area (Å²) in [5.41, 5.74) is 6.47. The van der Waals surface area contributed by atoms with Crippen LogP contribution in [0.15, 0.2) is 42.7 Å². The largest absolute Gasteiger partial charge is 0.343 e. The number of nitrogens with zero attached hydrogens (tertiary/aromatic N) is 2. The third-order valence-electron chi connectivity index (χ3n) is 5.20. The van der Waals surface area contributed by atoms with Crippen molar-refractivity contribution in [2.75, 3.05) is 0 Å². The fraction of sp³-hybridized carbons (Fsp3) is 0.409. The molecule has 3 aromatic rings. The Kier molecular flexibility index (Phi) is 5.03. The van der Waals surface area contributed by atoms with Gasteiger partial charge in [0.1, 0.15) is 0 Å². The van der Waals surface area contributed by atoms with E-state index in [4.69, 9.17) is 4.98 Å². The first-order valence-corrected chi connectivity index (χ1v) is 9.31. The van der Waals surface area contributed by atoms with Crippen molar-refractivity contribution in [3.63, 3.8) is 0 Å². The van der Waals surface area contributed by atoms with Gasteiger partial charge in [-0.2, -0.15) is 0 Å². The molecule has 0 N–H and O–H groups in total. The fourth-order valence-corrected chi connectivity index (χ4v) is 3.76. The molecule has 3 rings (SSSR count). The highest BCUT2D eigenvalue weighted by molar-refractivity contribution is 5.84. The number of hydrogen-bond acceptors (Lipinski definition) is 1. The summed E-state index contributed by atoms with van der Waals surface area (Å²) in [6, 6.07) is 11.7. The van der Waals surface area contributed by atoms with Crippen LogP contribution in [0.1, 0.15) is 57.7 Å². The van der Waals surface area contributed by atoms with E-state index in [9.17, 15) is 0 Å². The molecule has 2 heterocycles. The van der Waals surface area contributed by atoms with E-state index in [2.05, 4.69) is 75.0 Å². The summed E-state index contributed by atoms with van der Waals surface area (Å²) < 4.78 is 2.39. The van der Waals surface area contributed by atoms with Gasteiger partial charge in [-0.15, -0.1) is 0 Å². The second-order valence-corrected chi connectivity index (χ2v) is 6.48. The van der Waals surface area contributed by atoms with Crippen LogP contribution in [-0.4, -0.2) is 9.55 Å². The van der Waals surface area contributed by atoms with Gasteiger partial charge in [-0.05, 0) is 48.9 Å². The van der Waals surface area contributed by atoms with Crippen LogP contribution in [0.4, 0.5) is 0 Å². The molecule has 0 aliphatic carbocycles. The standard InChI is InChI=1S/C22H28N2/c1-5-16-10-9-11-17(6-2)22(16)20-14-18-12-13-24(19(7-3)8-4)21(18)15-23-20/h9-15,19H,5-8H2,1-4H3. The molecular formula is C22H28N2. The minimum atomic E-state index is 0.560. The van der Waals surface area contributed by atoms with Crippen LogP contribution >= 0.6 is 0 Å². The number of fused-ring (bicyclic) bond motifs is 1. The Morgan fingerprint density at radius 3 is 2.21 bits per heavy atom. The molecule has 2 nitrogen and oxygen atoms in total. The zero-order chi connectivity index (χ0) is 17.1. The molecule has 24 heavy (non-hydrogen) atoms. The Hall–Kier alpha value is -2.09. The van der Waals surface area contributed by atoms with Gasteiger partial charge in [-0.3, -0.25) is 4.98 Å². The lowest BCUT2D eigenvalue weighted by atomic mass is 9.94. The number of aryl methyl sites for hydroxylation is 2. The van der Waals surface area contributed by atoms with Gasteiger partial charge in [-0.25, -0.2) is 0 Å². The molecule has 0 aliphatic heterocycles. The van der Waals surface area contributed by atoms with Crippen molar-refractivity contribution in [3.8, 4) is 11.3 Å². The van der Waals surface area contributed by atoms with Crippen LogP contribution in [0.2, 0.25) is 0 Å². The second kappa shape index (κ2) is 7.21. The maximum atomic E-state index is 4.86. The Labute approximate surface area is 145 Å². The zero-order valence-corrected chi connectivity index (χ0v) is 15.3. The van der Waals surface area contributed by atoms with Gasteiger partial charge in [0, 0.05) is 23.2 Å². The molecule has 0 amide bonds. The lowest BCUT2D eigenvalue weighted by Gasteiger charge is -2.17. The molecule has 0 aliphatic rings. The van der Waals surface area contributed by atoms with Crippen molar-refractivity contribution >= 4 is 10.9 Å². The molecule has 0 unspecified atom stereocenters. The lowest BCUT2D eigenvalue weighted by Crippen LogP contribution is -2.05. The van der Waals surface area contributed by atoms with Crippen molar-refractivity contribution in [1.29, 1.82) is 0 Å². The Morgan fingerprint density at radius 1 is 0.958 bits per heavy atom. The number of pyridine rings is 1. The van der Waals surface area contributed by atoms with Crippen molar-refractivity contribution < 1.29 is 0 Å². The quantitative estimate of drug-likeness (QED) is 0.529. The molecule has 126 valence electrons. The van der Waals surface area contributed by atoms with E-state index < -0.39 is 0 Å². The van der Waals surface area contributed by atoms with Crippen LogP contribution < -0.4 is 0 Å². The second-order valence-electron chi connectivity index (χ2n) is 6.48. The molecule has 0 radical (unpaired) electrons. The number of benzene rings is 1. The summed E-state index contributed by atoms with van der Waals surface area (Å²) in [5.74, 6) is 0. The predicted octanol–water partition coefficient (Wildman–Crippen LogP) is 6.19. The van der Waals surface area contributed by atoms with Crippen molar-refractivity contribution in [2.24, 2.45) is 0 Å². The summed E-state index contributed by atoms with van der Waals surface area (Å²) in [4.78, 5) is 4.86. The summed E-state index contributed by atoms with van der Waals surface area (Å²) >= 11 is 0. The van der Waals surface area contributed by atoms with E-state index in [1.807, 2.05) is 0 Å². The van der Waals surface area contributed by atoms with Gasteiger partial charge in [0.2, 0.25) is 0 Å². The maximum absolute atomic E-state index is 4.86. The molecule has 0 atom stereocenters. The highest BCUT2D eigenvalue weighted by Gasteiger charge is 2.14. The van der Waals surface area contributed by atoms with Crippen molar-refractivity contribution in [3.05, 3.63) is 53.9 Å². The lowest BCUT2D eigenvalue weighted by molar-refractivity contribution is 0.485. The molecule has 1 aromatic carbocycles. The highest BCUT2D eigenvalue weighted by atomic mass is 15.0. The van der Waals surface area contributed by atoms with Gasteiger partial charge in [0.05, 0.1) is 17.4 Å². The molecule has 0 bridgehead atoms. The van der Waals surface area contributed by atoms with E-state index in [1.54, 1.807) is 0 Å². The van der Waals surface area contributed by atoms with E-state index in [-0.39, 0.29) is 0 Å². The van der Waals surface area contributed by atoms with E-state index in [0.29, 0.717) is 6.04 Å². The van der Waals surface area contributed by atoms with Crippen molar-refractivity contribution in [2.45, 2.75) is 59.4 Å². The number of hydrogen-bond donors (Lipinski definition) is 0. The van der Waals surface area contributed by atoms with Gasteiger partial charge < -0.3 is 4.57 Å². The highest BCUT2D eigenvalue weighted by Crippen LogP contribution is 2.31. The van der Waals surface area contributed by atoms with E-state index in [1.165, 1.54) is 27.6 Å². The Morgan fingerprint density at radius 2 is 1.62 bits per heavy atom. The minimum absolute atomic E-state index is 0.560. The molecule has 0 saturated carbocycles. The molecule has 0 fully saturated rings. The maximum Gasteiger partial charge on any atom is 0.0715 e. The first kappa shape index (κ1) is 16.8. The molecule has 0 saturated heterocycles. The van der Waals surface area contributed by atoms with Crippen LogP contribution in [0.5, 0.6) is 0 Å². The zero-order valence-electron chi connectivity index (χ0n) is 15.3. The number of rotatable bonds is 6. The Bertz CT molecular complexity index is 803. The van der Waals surface area contributed by atoms with Gasteiger partial charge in [-0.1, -0.05) is 45.9 Å². The molecule has 2 aromatic heterocycles. The topological polar surface area (TPSA) is 17.8 Å². The molecule has 2 heteroatoms. The van der Waals surface area contributed by atoms with Crippen molar-refractivity contribution in [1.82, 2.24) is 9.55 Å². The summed E-state index contributed by atoms with van der Waals surface area (Å²) in [7, 11) is 0. The average molecular weight is 320 g/mol. The summed E-state index contributed by atoms with van der Waals surface area (Å²) in [5, 5.41) is 1.29. The monoisotopic (exact) mass is 320 g/mol. The van der Waals surface area contributed by atoms with Crippen LogP contribution in [0.25, 0.3) is 22.2 Å². The van der Waals surface area contributed by atoms with Gasteiger partial charge in [0.25, 0.3) is 0 Å². The number of aromatic nitrogens is 2. The molecule has 0 spiro atoms. The van der Waals surface area contributed by atoms with E-state index >= 15 is 0 Å². The van der Waals surface area contributed by atoms with Gasteiger partial charge >= 0.3 is 0 Å². The summed E-state index contributed by atoms with van der Waals surface area (Å²) in [6.45, 7) is 8.96. The predicted molar refractivity (Wildman–Crippen MR) is 104 cm³/mol. The van der Waals surface area contributed by atoms with Gasteiger partial charge in [0.15, 0.2) is 0 Å². The smallest absolute Gasteiger partial charge is 0.0715 e. The van der Waals surface area contributed by atoms with Crippen LogP contribution in [-0.2, 0) is 12.8 Å². The van der Waals surface area contributed by atoms with Crippen LogP contribution in [0, 0.1) is 0 Å². The first-order valence-electron chi connectivity index (χ1n) is 9.31.